The van der Waals surface area contributed by atoms with Gasteiger partial charge >= 0.3 is 0 Å². The first-order chi connectivity index (χ1) is 6.79. The summed E-state index contributed by atoms with van der Waals surface area (Å²) >= 11 is 2.06. The molecule has 2 nitrogen and oxygen atoms in total. The van der Waals surface area contributed by atoms with Gasteiger partial charge in [0, 0.05) is 28.2 Å². The lowest BCUT2D eigenvalue weighted by atomic mass is 10.1. The molecule has 3 heteroatoms. The van der Waals surface area contributed by atoms with E-state index in [1.54, 1.807) is 6.26 Å². The van der Waals surface area contributed by atoms with Crippen molar-refractivity contribution in [3.05, 3.63) is 40.0 Å². The Hall–Kier alpha value is -0.840. The van der Waals surface area contributed by atoms with Gasteiger partial charge in [0.2, 0.25) is 0 Å². The summed E-state index contributed by atoms with van der Waals surface area (Å²) in [5, 5.41) is 0. The number of oxazole rings is 1. The zero-order valence-electron chi connectivity index (χ0n) is 7.83. The van der Waals surface area contributed by atoms with Crippen LogP contribution in [0.25, 0.3) is 11.3 Å². The van der Waals surface area contributed by atoms with Gasteiger partial charge in [0.15, 0.2) is 0 Å². The van der Waals surface area contributed by atoms with Gasteiger partial charge in [0.05, 0.1) is 0 Å². The lowest BCUT2D eigenvalue weighted by Crippen LogP contribution is -1.81. The monoisotopic (exact) mass is 299 g/mol. The minimum Gasteiger partial charge on any atom is -0.440 e. The van der Waals surface area contributed by atoms with Crippen molar-refractivity contribution in [3.63, 3.8) is 0 Å². The number of aryl methyl sites for hydroxylation is 1. The van der Waals surface area contributed by atoms with Gasteiger partial charge in [-0.15, -0.1) is 0 Å². The summed E-state index contributed by atoms with van der Waals surface area (Å²) in [6, 6.07) is 8.40. The summed E-state index contributed by atoms with van der Waals surface area (Å²) in [5.41, 5.74) is 3.35. The topological polar surface area (TPSA) is 26.0 Å². The van der Waals surface area contributed by atoms with E-state index < -0.39 is 0 Å². The fourth-order valence-corrected chi connectivity index (χ4v) is 1.68. The second-order valence-electron chi connectivity index (χ2n) is 3.04. The number of rotatable bonds is 2. The standard InChI is InChI=1S/C11H10INO/c1-2-8-3-5-9(6-4-8)10-7-14-11(12)13-10/h3-7H,2H2,1H3. The number of benzene rings is 1. The molecule has 72 valence electrons. The van der Waals surface area contributed by atoms with Crippen LogP contribution in [0, 0.1) is 3.90 Å². The van der Waals surface area contributed by atoms with Crippen LogP contribution in [0.5, 0.6) is 0 Å². The van der Waals surface area contributed by atoms with Crippen LogP contribution in [0.15, 0.2) is 34.9 Å². The van der Waals surface area contributed by atoms with Crippen molar-refractivity contribution in [2.24, 2.45) is 0 Å². The zero-order chi connectivity index (χ0) is 9.97. The van der Waals surface area contributed by atoms with E-state index in [1.807, 2.05) is 0 Å². The molecule has 1 aromatic carbocycles. The third-order valence-corrected chi connectivity index (χ3v) is 2.63. The third-order valence-electron chi connectivity index (χ3n) is 2.13. The van der Waals surface area contributed by atoms with E-state index in [0.717, 1.165) is 17.7 Å². The third kappa shape index (κ3) is 1.97. The molecule has 1 heterocycles. The molecule has 0 amide bonds. The molecule has 0 radical (unpaired) electrons. The van der Waals surface area contributed by atoms with Gasteiger partial charge in [-0.2, -0.15) is 0 Å². The molecule has 0 saturated heterocycles. The summed E-state index contributed by atoms with van der Waals surface area (Å²) in [5.74, 6) is 0. The fourth-order valence-electron chi connectivity index (χ4n) is 1.30. The fraction of sp³-hybridized carbons (Fsp3) is 0.182. The van der Waals surface area contributed by atoms with Crippen LogP contribution in [0.1, 0.15) is 12.5 Å². The molecule has 2 rings (SSSR count). The summed E-state index contributed by atoms with van der Waals surface area (Å²) in [6.45, 7) is 2.15. The lowest BCUT2D eigenvalue weighted by Gasteiger charge is -1.97. The summed E-state index contributed by atoms with van der Waals surface area (Å²) in [6.07, 6.45) is 2.75. The molecule has 0 saturated carbocycles. The smallest absolute Gasteiger partial charge is 0.257 e. The van der Waals surface area contributed by atoms with Crippen LogP contribution < -0.4 is 0 Å². The van der Waals surface area contributed by atoms with Crippen molar-refractivity contribution in [3.8, 4) is 11.3 Å². The van der Waals surface area contributed by atoms with E-state index in [0.29, 0.717) is 3.90 Å². The van der Waals surface area contributed by atoms with Crippen LogP contribution in [-0.4, -0.2) is 4.98 Å². The van der Waals surface area contributed by atoms with E-state index in [-0.39, 0.29) is 0 Å². The van der Waals surface area contributed by atoms with E-state index in [9.17, 15) is 0 Å². The highest BCUT2D eigenvalue weighted by Gasteiger charge is 2.02. The van der Waals surface area contributed by atoms with E-state index in [1.165, 1.54) is 5.56 Å². The summed E-state index contributed by atoms with van der Waals surface area (Å²) in [7, 11) is 0. The van der Waals surface area contributed by atoms with Gasteiger partial charge in [-0.25, -0.2) is 4.98 Å². The predicted octanol–water partition coefficient (Wildman–Crippen LogP) is 3.51. The van der Waals surface area contributed by atoms with Crippen molar-refractivity contribution in [2.75, 3.05) is 0 Å². The van der Waals surface area contributed by atoms with Gasteiger partial charge < -0.3 is 4.42 Å². The van der Waals surface area contributed by atoms with Gasteiger partial charge in [-0.3, -0.25) is 0 Å². The molecule has 0 unspecified atom stereocenters. The quantitative estimate of drug-likeness (QED) is 0.793. The highest BCUT2D eigenvalue weighted by molar-refractivity contribution is 14.1. The zero-order valence-corrected chi connectivity index (χ0v) is 9.98. The number of hydrogen-bond acceptors (Lipinski definition) is 2. The molecule has 2 aromatic rings. The van der Waals surface area contributed by atoms with Crippen molar-refractivity contribution in [1.82, 2.24) is 4.98 Å². The maximum atomic E-state index is 5.15. The second kappa shape index (κ2) is 4.13. The highest BCUT2D eigenvalue weighted by Crippen LogP contribution is 2.19. The Labute approximate surface area is 96.5 Å². The molecule has 0 aliphatic rings. The van der Waals surface area contributed by atoms with Crippen molar-refractivity contribution in [1.29, 1.82) is 0 Å². The first-order valence-corrected chi connectivity index (χ1v) is 5.58. The molecule has 1 aromatic heterocycles. The summed E-state index contributed by atoms with van der Waals surface area (Å²) < 4.78 is 5.83. The van der Waals surface area contributed by atoms with Gasteiger partial charge in [-0.05, 0) is 12.0 Å². The van der Waals surface area contributed by atoms with Crippen molar-refractivity contribution >= 4 is 22.6 Å². The molecule has 0 N–H and O–H groups in total. The molecule has 0 spiro atoms. The first kappa shape index (κ1) is 9.71. The Bertz CT molecular complexity index is 419. The van der Waals surface area contributed by atoms with Crippen LogP contribution in [0.4, 0.5) is 0 Å². The predicted molar refractivity (Wildman–Crippen MR) is 64.0 cm³/mol. The summed E-state index contributed by atoms with van der Waals surface area (Å²) in [4.78, 5) is 4.26. The molecule has 0 aliphatic heterocycles. The Balaban J connectivity index is 2.33. The Morgan fingerprint density at radius 3 is 2.50 bits per heavy atom. The Morgan fingerprint density at radius 2 is 2.00 bits per heavy atom. The van der Waals surface area contributed by atoms with Crippen LogP contribution in [-0.2, 0) is 6.42 Å². The van der Waals surface area contributed by atoms with Crippen LogP contribution in [0.3, 0.4) is 0 Å². The first-order valence-electron chi connectivity index (χ1n) is 4.50. The van der Waals surface area contributed by atoms with E-state index in [4.69, 9.17) is 4.42 Å². The average Bonchev–Trinajstić information content (AvgIpc) is 2.65. The minimum absolute atomic E-state index is 0.678. The molecule has 14 heavy (non-hydrogen) atoms. The maximum absolute atomic E-state index is 5.15. The number of nitrogens with zero attached hydrogens (tertiary/aromatic N) is 1. The van der Waals surface area contributed by atoms with Gasteiger partial charge in [0.25, 0.3) is 3.90 Å². The van der Waals surface area contributed by atoms with Gasteiger partial charge in [0.1, 0.15) is 12.0 Å². The molecular formula is C11H10INO. The second-order valence-corrected chi connectivity index (χ2v) is 3.96. The van der Waals surface area contributed by atoms with Crippen molar-refractivity contribution < 1.29 is 4.42 Å². The van der Waals surface area contributed by atoms with Gasteiger partial charge in [-0.1, -0.05) is 31.2 Å². The lowest BCUT2D eigenvalue weighted by molar-refractivity contribution is 0.525. The highest BCUT2D eigenvalue weighted by atomic mass is 127. The number of hydrogen-bond donors (Lipinski definition) is 0. The maximum Gasteiger partial charge on any atom is 0.257 e. The molecular weight excluding hydrogens is 289 g/mol. The SMILES string of the molecule is CCc1ccc(-c2coc(I)n2)cc1. The molecule has 0 aliphatic carbocycles. The Kier molecular flexibility index (Phi) is 2.86. The van der Waals surface area contributed by atoms with Crippen molar-refractivity contribution in [2.45, 2.75) is 13.3 Å². The number of halogens is 1. The molecule has 0 atom stereocenters. The van der Waals surface area contributed by atoms with Crippen LogP contribution in [0.2, 0.25) is 0 Å². The molecule has 0 bridgehead atoms. The van der Waals surface area contributed by atoms with E-state index in [2.05, 4.69) is 58.8 Å². The average molecular weight is 299 g/mol. The largest absolute Gasteiger partial charge is 0.440 e. The number of aromatic nitrogens is 1. The normalized spacial score (nSPS) is 10.4. The Morgan fingerprint density at radius 1 is 1.29 bits per heavy atom. The van der Waals surface area contributed by atoms with E-state index >= 15 is 0 Å². The molecule has 0 fully saturated rings. The minimum atomic E-state index is 0.678. The van der Waals surface area contributed by atoms with Crippen LogP contribution >= 0.6 is 22.6 Å².